The summed E-state index contributed by atoms with van der Waals surface area (Å²) in [5, 5.41) is 10.9. The van der Waals surface area contributed by atoms with Gasteiger partial charge in [-0.15, -0.1) is 24.0 Å². The molecule has 9 heteroatoms. The highest BCUT2D eigenvalue weighted by Crippen LogP contribution is 2.20. The van der Waals surface area contributed by atoms with E-state index in [2.05, 4.69) is 25.8 Å². The molecule has 154 valence electrons. The average molecular weight is 530 g/mol. The number of hydrogen-bond donors (Lipinski definition) is 2. The van der Waals surface area contributed by atoms with Gasteiger partial charge in [-0.25, -0.2) is 9.38 Å². The molecule has 2 N–H and O–H groups in total. The van der Waals surface area contributed by atoms with E-state index in [1.54, 1.807) is 24.3 Å². The molecule has 3 aromatic rings. The van der Waals surface area contributed by atoms with Gasteiger partial charge < -0.3 is 15.2 Å². The zero-order chi connectivity index (χ0) is 19.8. The van der Waals surface area contributed by atoms with Crippen LogP contribution < -0.4 is 10.6 Å². The molecule has 3 rings (SSSR count). The van der Waals surface area contributed by atoms with Crippen LogP contribution in [0.4, 0.5) is 4.39 Å². The molecule has 0 bridgehead atoms. The lowest BCUT2D eigenvalue weighted by Crippen LogP contribution is -2.38. The Morgan fingerprint density at radius 2 is 2.00 bits per heavy atom. The van der Waals surface area contributed by atoms with Gasteiger partial charge in [-0.1, -0.05) is 47.1 Å². The van der Waals surface area contributed by atoms with E-state index in [-0.39, 0.29) is 36.3 Å². The van der Waals surface area contributed by atoms with Crippen LogP contribution in [0.5, 0.6) is 0 Å². The third kappa shape index (κ3) is 6.97. The van der Waals surface area contributed by atoms with Crippen LogP contribution in [-0.2, 0) is 13.0 Å². The van der Waals surface area contributed by atoms with Gasteiger partial charge in [0.25, 0.3) is 0 Å². The predicted octanol–water partition coefficient (Wildman–Crippen LogP) is 4.44. The fraction of sp³-hybridized carbons (Fsp3) is 0.250. The molecule has 0 fully saturated rings. The molecular weight excluding hydrogens is 508 g/mol. The molecule has 0 amide bonds. The Labute approximate surface area is 191 Å². The van der Waals surface area contributed by atoms with Gasteiger partial charge in [0.1, 0.15) is 12.4 Å². The van der Waals surface area contributed by atoms with Crippen LogP contribution in [-0.4, -0.2) is 29.2 Å². The summed E-state index contributed by atoms with van der Waals surface area (Å²) in [4.78, 5) is 8.78. The van der Waals surface area contributed by atoms with E-state index in [1.807, 2.05) is 25.1 Å². The lowest BCUT2D eigenvalue weighted by molar-refractivity contribution is 0.380. The van der Waals surface area contributed by atoms with E-state index in [4.69, 9.17) is 16.1 Å². The van der Waals surface area contributed by atoms with Crippen molar-refractivity contribution < 1.29 is 8.91 Å². The zero-order valence-corrected chi connectivity index (χ0v) is 18.9. The predicted molar refractivity (Wildman–Crippen MR) is 123 cm³/mol. The highest BCUT2D eigenvalue weighted by molar-refractivity contribution is 14.0. The van der Waals surface area contributed by atoms with Crippen molar-refractivity contribution in [3.05, 3.63) is 70.8 Å². The molecule has 0 radical (unpaired) electrons. The summed E-state index contributed by atoms with van der Waals surface area (Å²) in [7, 11) is 0. The number of aromatic nitrogens is 2. The molecular formula is C20H22ClFIN5O. The molecule has 0 aliphatic carbocycles. The second kappa shape index (κ2) is 11.7. The maximum atomic E-state index is 13.7. The van der Waals surface area contributed by atoms with Crippen molar-refractivity contribution in [1.82, 2.24) is 20.8 Å². The summed E-state index contributed by atoms with van der Waals surface area (Å²) < 4.78 is 18.9. The van der Waals surface area contributed by atoms with Crippen molar-refractivity contribution in [1.29, 1.82) is 0 Å². The summed E-state index contributed by atoms with van der Waals surface area (Å²) in [5.41, 5.74) is 1.44. The zero-order valence-electron chi connectivity index (χ0n) is 15.9. The first-order valence-corrected chi connectivity index (χ1v) is 9.37. The van der Waals surface area contributed by atoms with Crippen LogP contribution in [0.1, 0.15) is 18.4 Å². The molecule has 0 spiro atoms. The van der Waals surface area contributed by atoms with Gasteiger partial charge in [0, 0.05) is 23.7 Å². The third-order valence-electron chi connectivity index (χ3n) is 3.91. The topological polar surface area (TPSA) is 75.3 Å². The summed E-state index contributed by atoms with van der Waals surface area (Å²) in [6.45, 7) is 3.44. The number of aliphatic imine (C=N–C) groups is 1. The van der Waals surface area contributed by atoms with Crippen LogP contribution in [0.3, 0.4) is 0 Å². The van der Waals surface area contributed by atoms with Crippen molar-refractivity contribution in [3.8, 4) is 11.4 Å². The summed E-state index contributed by atoms with van der Waals surface area (Å²) >= 11 is 5.99. The quantitative estimate of drug-likeness (QED) is 0.269. The van der Waals surface area contributed by atoms with Gasteiger partial charge in [-0.2, -0.15) is 4.98 Å². The van der Waals surface area contributed by atoms with Gasteiger partial charge in [0.05, 0.1) is 0 Å². The van der Waals surface area contributed by atoms with Crippen LogP contribution >= 0.6 is 35.6 Å². The largest absolute Gasteiger partial charge is 0.357 e. The monoisotopic (exact) mass is 529 g/mol. The van der Waals surface area contributed by atoms with Gasteiger partial charge in [0.2, 0.25) is 11.7 Å². The molecule has 0 atom stereocenters. The van der Waals surface area contributed by atoms with Crippen LogP contribution in [0.2, 0.25) is 5.02 Å². The lowest BCUT2D eigenvalue weighted by atomic mass is 10.1. The highest BCUT2D eigenvalue weighted by Gasteiger charge is 2.09. The van der Waals surface area contributed by atoms with Crippen molar-refractivity contribution in [3.63, 3.8) is 0 Å². The minimum Gasteiger partial charge on any atom is -0.357 e. The first-order valence-electron chi connectivity index (χ1n) is 9.00. The number of guanidine groups is 1. The molecule has 6 nitrogen and oxygen atoms in total. The molecule has 1 aromatic heterocycles. The number of benzene rings is 2. The van der Waals surface area contributed by atoms with E-state index in [9.17, 15) is 4.39 Å². The average Bonchev–Trinajstić information content (AvgIpc) is 3.17. The number of hydrogen-bond acceptors (Lipinski definition) is 4. The molecule has 0 unspecified atom stereocenters. The number of nitrogens with zero attached hydrogens (tertiary/aromatic N) is 3. The van der Waals surface area contributed by atoms with Crippen molar-refractivity contribution >= 4 is 41.5 Å². The summed E-state index contributed by atoms with van der Waals surface area (Å²) in [6.07, 6.45) is 0.552. The summed E-state index contributed by atoms with van der Waals surface area (Å²) in [5.74, 6) is 1.25. The fourth-order valence-electron chi connectivity index (χ4n) is 2.57. The van der Waals surface area contributed by atoms with Gasteiger partial charge >= 0.3 is 0 Å². The van der Waals surface area contributed by atoms with Crippen LogP contribution in [0.25, 0.3) is 11.4 Å². The van der Waals surface area contributed by atoms with Gasteiger partial charge in [-0.3, -0.25) is 0 Å². The number of halogens is 3. The molecule has 0 aliphatic heterocycles. The van der Waals surface area contributed by atoms with E-state index >= 15 is 0 Å². The standard InChI is InChI=1S/C20H21ClFN5O.HI/c1-2-23-20(24-11-10-14-6-3-4-9-17(14)22)25-13-18-26-19(27-28-18)15-7-5-8-16(21)12-15;/h3-9,12H,2,10-11,13H2,1H3,(H2,23,24,25);1H. The highest BCUT2D eigenvalue weighted by atomic mass is 127. The molecule has 2 aromatic carbocycles. The minimum absolute atomic E-state index is 0. The smallest absolute Gasteiger partial charge is 0.248 e. The van der Waals surface area contributed by atoms with Crippen LogP contribution in [0, 0.1) is 5.82 Å². The second-order valence-corrected chi connectivity index (χ2v) is 6.42. The molecule has 0 aliphatic rings. The Kier molecular flexibility index (Phi) is 9.33. The Balaban J connectivity index is 0.00000300. The van der Waals surface area contributed by atoms with Crippen molar-refractivity contribution in [2.75, 3.05) is 13.1 Å². The molecule has 1 heterocycles. The summed E-state index contributed by atoms with van der Waals surface area (Å²) in [6, 6.07) is 14.0. The van der Waals surface area contributed by atoms with E-state index in [0.29, 0.717) is 47.8 Å². The first kappa shape index (κ1) is 23.1. The lowest BCUT2D eigenvalue weighted by Gasteiger charge is -2.11. The second-order valence-electron chi connectivity index (χ2n) is 5.99. The Bertz CT molecular complexity index is 950. The van der Waals surface area contributed by atoms with E-state index < -0.39 is 0 Å². The maximum Gasteiger partial charge on any atom is 0.248 e. The Morgan fingerprint density at radius 3 is 2.76 bits per heavy atom. The van der Waals surface area contributed by atoms with E-state index in [1.165, 1.54) is 6.07 Å². The molecule has 29 heavy (non-hydrogen) atoms. The Hall–Kier alpha value is -2.20. The van der Waals surface area contributed by atoms with Gasteiger partial charge in [-0.05, 0) is 37.1 Å². The Morgan fingerprint density at radius 1 is 1.17 bits per heavy atom. The van der Waals surface area contributed by atoms with Crippen molar-refractivity contribution in [2.24, 2.45) is 4.99 Å². The van der Waals surface area contributed by atoms with E-state index in [0.717, 1.165) is 5.56 Å². The normalized spacial score (nSPS) is 11.1. The maximum absolute atomic E-state index is 13.7. The van der Waals surface area contributed by atoms with Gasteiger partial charge in [0.15, 0.2) is 5.96 Å². The van der Waals surface area contributed by atoms with Crippen molar-refractivity contribution in [2.45, 2.75) is 19.9 Å². The number of nitrogens with one attached hydrogen (secondary N) is 2. The third-order valence-corrected chi connectivity index (χ3v) is 4.15. The minimum atomic E-state index is -0.203. The molecule has 0 saturated carbocycles. The first-order chi connectivity index (χ1) is 13.7. The number of rotatable bonds is 7. The fourth-order valence-corrected chi connectivity index (χ4v) is 2.76. The SMILES string of the molecule is CCNC(=NCc1nc(-c2cccc(Cl)c2)no1)NCCc1ccccc1F.I. The molecule has 0 saturated heterocycles. The van der Waals surface area contributed by atoms with Crippen LogP contribution in [0.15, 0.2) is 58.0 Å².